The van der Waals surface area contributed by atoms with Crippen LogP contribution in [0.4, 0.5) is 0 Å². The number of hydrogen-bond donors (Lipinski definition) is 2. The van der Waals surface area contributed by atoms with Gasteiger partial charge in [-0.3, -0.25) is 0 Å². The van der Waals surface area contributed by atoms with Crippen molar-refractivity contribution in [1.82, 2.24) is 4.90 Å². The van der Waals surface area contributed by atoms with E-state index < -0.39 is 0 Å². The summed E-state index contributed by atoms with van der Waals surface area (Å²) >= 11 is 0. The minimum Gasteiger partial charge on any atom is -0.396 e. The van der Waals surface area contributed by atoms with Crippen molar-refractivity contribution in [2.75, 3.05) is 19.7 Å². The highest BCUT2D eigenvalue weighted by Crippen LogP contribution is 2.55. The first kappa shape index (κ1) is 11.9. The van der Waals surface area contributed by atoms with Crippen LogP contribution < -0.4 is 5.73 Å². The summed E-state index contributed by atoms with van der Waals surface area (Å²) in [6.07, 6.45) is 9.11. The van der Waals surface area contributed by atoms with Gasteiger partial charge in [-0.25, -0.2) is 0 Å². The average Bonchev–Trinajstić information content (AvgIpc) is 3.00. The van der Waals surface area contributed by atoms with E-state index in [4.69, 9.17) is 10.8 Å². The van der Waals surface area contributed by atoms with Crippen molar-refractivity contribution in [1.29, 1.82) is 0 Å². The Bertz CT molecular complexity index is 265. The molecule has 1 spiro atoms. The van der Waals surface area contributed by atoms with E-state index in [2.05, 4.69) is 4.90 Å². The van der Waals surface area contributed by atoms with Crippen LogP contribution in [0, 0.1) is 11.3 Å². The van der Waals surface area contributed by atoms with Gasteiger partial charge >= 0.3 is 0 Å². The highest BCUT2D eigenvalue weighted by Gasteiger charge is 2.53. The summed E-state index contributed by atoms with van der Waals surface area (Å²) in [7, 11) is 0. The molecule has 0 aromatic rings. The highest BCUT2D eigenvalue weighted by molar-refractivity contribution is 5.08. The number of rotatable bonds is 2. The molecule has 2 aliphatic carbocycles. The number of aliphatic hydroxyl groups is 1. The maximum atomic E-state index is 9.16. The molecule has 17 heavy (non-hydrogen) atoms. The number of hydrogen-bond acceptors (Lipinski definition) is 3. The number of nitrogens with two attached hydrogens (primary N) is 1. The molecular formula is C14H26N2O. The third kappa shape index (κ3) is 2.25. The summed E-state index contributed by atoms with van der Waals surface area (Å²) in [6, 6.07) is 1.33. The van der Waals surface area contributed by atoms with E-state index >= 15 is 0 Å². The molecule has 1 atom stereocenters. The molecule has 1 saturated heterocycles. The SMILES string of the molecule is NC1CC12CCC(N1CCC(CO)CC1)CC2. The van der Waals surface area contributed by atoms with E-state index in [1.165, 1.54) is 58.0 Å². The predicted molar refractivity (Wildman–Crippen MR) is 68.7 cm³/mol. The molecule has 1 heterocycles. The van der Waals surface area contributed by atoms with Gasteiger partial charge in [0.1, 0.15) is 0 Å². The van der Waals surface area contributed by atoms with E-state index in [0.29, 0.717) is 24.0 Å². The smallest absolute Gasteiger partial charge is 0.0460 e. The lowest BCUT2D eigenvalue weighted by Gasteiger charge is -2.41. The second-order valence-corrected chi connectivity index (χ2v) is 6.57. The minimum absolute atomic E-state index is 0.385. The molecule has 1 unspecified atom stereocenters. The summed E-state index contributed by atoms with van der Waals surface area (Å²) in [5.41, 5.74) is 6.62. The fourth-order valence-corrected chi connectivity index (χ4v) is 4.00. The van der Waals surface area contributed by atoms with Gasteiger partial charge in [0.15, 0.2) is 0 Å². The largest absolute Gasteiger partial charge is 0.396 e. The van der Waals surface area contributed by atoms with Crippen LogP contribution in [0.25, 0.3) is 0 Å². The van der Waals surface area contributed by atoms with Crippen LogP contribution in [0.3, 0.4) is 0 Å². The van der Waals surface area contributed by atoms with Gasteiger partial charge < -0.3 is 15.7 Å². The van der Waals surface area contributed by atoms with Crippen molar-refractivity contribution in [3.8, 4) is 0 Å². The van der Waals surface area contributed by atoms with E-state index in [0.717, 1.165) is 6.04 Å². The molecule has 1 aliphatic heterocycles. The normalized spacial score (nSPS) is 44.1. The quantitative estimate of drug-likeness (QED) is 0.763. The van der Waals surface area contributed by atoms with Crippen molar-refractivity contribution in [3.63, 3.8) is 0 Å². The Morgan fingerprint density at radius 2 is 1.71 bits per heavy atom. The summed E-state index contributed by atoms with van der Waals surface area (Å²) in [5.74, 6) is 0.568. The first-order valence-corrected chi connectivity index (χ1v) is 7.34. The van der Waals surface area contributed by atoms with Crippen LogP contribution in [-0.2, 0) is 0 Å². The van der Waals surface area contributed by atoms with E-state index in [1.807, 2.05) is 0 Å². The van der Waals surface area contributed by atoms with E-state index in [-0.39, 0.29) is 0 Å². The first-order chi connectivity index (χ1) is 8.23. The van der Waals surface area contributed by atoms with Crippen LogP contribution >= 0.6 is 0 Å². The monoisotopic (exact) mass is 238 g/mol. The number of piperidine rings is 1. The average molecular weight is 238 g/mol. The molecule has 0 aromatic carbocycles. The molecule has 98 valence electrons. The highest BCUT2D eigenvalue weighted by atomic mass is 16.3. The molecule has 3 heteroatoms. The van der Waals surface area contributed by atoms with Crippen LogP contribution in [0.5, 0.6) is 0 Å². The van der Waals surface area contributed by atoms with Gasteiger partial charge in [-0.2, -0.15) is 0 Å². The van der Waals surface area contributed by atoms with Gasteiger partial charge in [-0.15, -0.1) is 0 Å². The lowest BCUT2D eigenvalue weighted by atomic mass is 9.81. The van der Waals surface area contributed by atoms with Crippen molar-refractivity contribution in [3.05, 3.63) is 0 Å². The zero-order valence-corrected chi connectivity index (χ0v) is 10.8. The molecule has 3 N–H and O–H groups in total. The van der Waals surface area contributed by atoms with Crippen molar-refractivity contribution in [2.45, 2.75) is 57.0 Å². The zero-order valence-electron chi connectivity index (χ0n) is 10.8. The lowest BCUT2D eigenvalue weighted by Crippen LogP contribution is -2.44. The number of likely N-dealkylation sites (tertiary alicyclic amines) is 1. The maximum Gasteiger partial charge on any atom is 0.0460 e. The Balaban J connectivity index is 1.47. The molecule has 2 saturated carbocycles. The van der Waals surface area contributed by atoms with Crippen molar-refractivity contribution < 1.29 is 5.11 Å². The molecule has 3 rings (SSSR count). The third-order valence-electron chi connectivity index (χ3n) is 5.63. The summed E-state index contributed by atoms with van der Waals surface area (Å²) in [4.78, 5) is 2.67. The number of nitrogens with zero attached hydrogens (tertiary/aromatic N) is 1. The van der Waals surface area contributed by atoms with Gasteiger partial charge in [-0.1, -0.05) is 0 Å². The second-order valence-electron chi connectivity index (χ2n) is 6.57. The lowest BCUT2D eigenvalue weighted by molar-refractivity contribution is 0.0719. The van der Waals surface area contributed by atoms with Crippen LogP contribution in [0.2, 0.25) is 0 Å². The molecule has 3 aliphatic rings. The predicted octanol–water partition coefficient (Wildman–Crippen LogP) is 1.35. The second kappa shape index (κ2) is 4.52. The van der Waals surface area contributed by atoms with Gasteiger partial charge in [0.2, 0.25) is 0 Å². The number of aliphatic hydroxyl groups excluding tert-OH is 1. The summed E-state index contributed by atoms with van der Waals surface area (Å²) in [6.45, 7) is 2.79. The maximum absolute atomic E-state index is 9.16. The van der Waals surface area contributed by atoms with Gasteiger partial charge in [-0.05, 0) is 69.4 Å². The van der Waals surface area contributed by atoms with Gasteiger partial charge in [0, 0.05) is 18.7 Å². The molecule has 3 nitrogen and oxygen atoms in total. The summed E-state index contributed by atoms with van der Waals surface area (Å²) < 4.78 is 0. The Kier molecular flexibility index (Phi) is 3.18. The fourth-order valence-electron chi connectivity index (χ4n) is 4.00. The Hall–Kier alpha value is -0.120. The fraction of sp³-hybridized carbons (Fsp3) is 1.00. The molecule has 0 amide bonds. The van der Waals surface area contributed by atoms with Crippen molar-refractivity contribution >= 4 is 0 Å². The molecule has 3 fully saturated rings. The molecule has 0 aromatic heterocycles. The van der Waals surface area contributed by atoms with Crippen LogP contribution in [0.1, 0.15) is 44.9 Å². The Morgan fingerprint density at radius 3 is 2.18 bits per heavy atom. The van der Waals surface area contributed by atoms with E-state index in [9.17, 15) is 0 Å². The van der Waals surface area contributed by atoms with E-state index in [1.54, 1.807) is 0 Å². The van der Waals surface area contributed by atoms with Gasteiger partial charge in [0.25, 0.3) is 0 Å². The topological polar surface area (TPSA) is 49.5 Å². The minimum atomic E-state index is 0.385. The van der Waals surface area contributed by atoms with Gasteiger partial charge in [0.05, 0.1) is 0 Å². The molecular weight excluding hydrogens is 212 g/mol. The van der Waals surface area contributed by atoms with Crippen molar-refractivity contribution in [2.24, 2.45) is 17.1 Å². The zero-order chi connectivity index (χ0) is 11.9. The Labute approximate surface area is 104 Å². The standard InChI is InChI=1S/C14H26N2O/c15-13-9-14(13)5-1-12(2-6-14)16-7-3-11(10-17)4-8-16/h11-13,17H,1-10,15H2. The Morgan fingerprint density at radius 1 is 1.12 bits per heavy atom. The molecule has 0 bridgehead atoms. The first-order valence-electron chi connectivity index (χ1n) is 7.34. The summed E-state index contributed by atoms with van der Waals surface area (Å²) in [5, 5.41) is 9.16. The van der Waals surface area contributed by atoms with Crippen LogP contribution in [-0.4, -0.2) is 41.8 Å². The molecule has 0 radical (unpaired) electrons. The third-order valence-corrected chi connectivity index (χ3v) is 5.63. The van der Waals surface area contributed by atoms with Crippen LogP contribution in [0.15, 0.2) is 0 Å².